The smallest absolute Gasteiger partial charge is 0.316 e. The van der Waals surface area contributed by atoms with Crippen LogP contribution in [0.3, 0.4) is 0 Å². The number of amides is 1. The third kappa shape index (κ3) is 5.61. The van der Waals surface area contributed by atoms with Gasteiger partial charge in [0.05, 0.1) is 17.3 Å². The van der Waals surface area contributed by atoms with E-state index in [9.17, 15) is 19.7 Å². The third-order valence-electron chi connectivity index (χ3n) is 3.09. The number of anilines is 1. The highest BCUT2D eigenvalue weighted by molar-refractivity contribution is 8.00. The van der Waals surface area contributed by atoms with Crippen LogP contribution in [0.4, 0.5) is 11.4 Å². The number of nitro groups is 1. The lowest BCUT2D eigenvalue weighted by Gasteiger charge is -2.07. The first-order chi connectivity index (χ1) is 12.0. The third-order valence-corrected chi connectivity index (χ3v) is 4.08. The van der Waals surface area contributed by atoms with Gasteiger partial charge in [0.1, 0.15) is 0 Å². The summed E-state index contributed by atoms with van der Waals surface area (Å²) >= 11 is 1.34. The molecular weight excluding hydrogens is 344 g/mol. The van der Waals surface area contributed by atoms with Crippen LogP contribution in [-0.2, 0) is 9.53 Å². The Balaban J connectivity index is 1.96. The van der Waals surface area contributed by atoms with Gasteiger partial charge in [-0.2, -0.15) is 0 Å². The van der Waals surface area contributed by atoms with Gasteiger partial charge in [-0.05, 0) is 37.3 Å². The van der Waals surface area contributed by atoms with Crippen molar-refractivity contribution in [3.8, 4) is 0 Å². The van der Waals surface area contributed by atoms with Crippen molar-refractivity contribution in [2.45, 2.75) is 11.8 Å². The lowest BCUT2D eigenvalue weighted by atomic mass is 10.2. The summed E-state index contributed by atoms with van der Waals surface area (Å²) in [7, 11) is 0. The van der Waals surface area contributed by atoms with Gasteiger partial charge in [0.15, 0.2) is 0 Å². The van der Waals surface area contributed by atoms with Gasteiger partial charge in [-0.15, -0.1) is 11.8 Å². The van der Waals surface area contributed by atoms with E-state index in [2.05, 4.69) is 5.32 Å². The maximum absolute atomic E-state index is 12.2. The molecule has 0 aromatic heterocycles. The molecule has 7 nitrogen and oxygen atoms in total. The van der Waals surface area contributed by atoms with E-state index in [0.717, 1.165) is 4.90 Å². The molecule has 0 spiro atoms. The van der Waals surface area contributed by atoms with Crippen LogP contribution >= 0.6 is 11.8 Å². The molecule has 1 amide bonds. The van der Waals surface area contributed by atoms with E-state index < -0.39 is 10.8 Å². The maximum atomic E-state index is 12.2. The molecule has 0 fully saturated rings. The van der Waals surface area contributed by atoms with E-state index >= 15 is 0 Å². The van der Waals surface area contributed by atoms with Crippen molar-refractivity contribution >= 4 is 35.0 Å². The van der Waals surface area contributed by atoms with E-state index in [1.807, 2.05) is 0 Å². The van der Waals surface area contributed by atoms with Crippen LogP contribution in [-0.4, -0.2) is 29.2 Å². The Kier molecular flexibility index (Phi) is 6.53. The van der Waals surface area contributed by atoms with E-state index in [1.54, 1.807) is 31.2 Å². The van der Waals surface area contributed by atoms with Crippen LogP contribution in [0.15, 0.2) is 53.4 Å². The molecule has 0 unspecified atom stereocenters. The van der Waals surface area contributed by atoms with Crippen molar-refractivity contribution in [2.75, 3.05) is 17.7 Å². The molecule has 8 heteroatoms. The van der Waals surface area contributed by atoms with Gasteiger partial charge in [0, 0.05) is 28.3 Å². The number of ether oxygens (including phenoxy) is 1. The van der Waals surface area contributed by atoms with Gasteiger partial charge in [0.25, 0.3) is 11.6 Å². The van der Waals surface area contributed by atoms with Crippen molar-refractivity contribution < 1.29 is 19.2 Å². The number of thioether (sulfide) groups is 1. The summed E-state index contributed by atoms with van der Waals surface area (Å²) in [5.74, 6) is -0.501. The van der Waals surface area contributed by atoms with Gasteiger partial charge in [0.2, 0.25) is 0 Å². The molecule has 2 aromatic carbocycles. The fourth-order valence-electron chi connectivity index (χ4n) is 1.94. The number of nitrogens with zero attached hydrogens (tertiary/aromatic N) is 1. The van der Waals surface area contributed by atoms with Crippen molar-refractivity contribution in [2.24, 2.45) is 0 Å². The van der Waals surface area contributed by atoms with Crippen LogP contribution in [0.2, 0.25) is 0 Å². The number of carbonyl (C=O) groups is 2. The Morgan fingerprint density at radius 2 is 1.92 bits per heavy atom. The summed E-state index contributed by atoms with van der Waals surface area (Å²) in [5.41, 5.74) is 0.616. The SMILES string of the molecule is CCOC(=O)CSc1ccc(NC(=O)c2cccc([N+](=O)[O-])c2)cc1. The Morgan fingerprint density at radius 3 is 2.56 bits per heavy atom. The largest absolute Gasteiger partial charge is 0.465 e. The molecule has 0 radical (unpaired) electrons. The molecule has 0 bridgehead atoms. The number of rotatable bonds is 7. The summed E-state index contributed by atoms with van der Waals surface area (Å²) in [5, 5.41) is 13.4. The molecule has 2 rings (SSSR count). The molecule has 0 aliphatic rings. The highest BCUT2D eigenvalue weighted by Crippen LogP contribution is 2.21. The summed E-state index contributed by atoms with van der Waals surface area (Å²) < 4.78 is 4.85. The summed E-state index contributed by atoms with van der Waals surface area (Å²) in [4.78, 5) is 34.5. The molecule has 25 heavy (non-hydrogen) atoms. The maximum Gasteiger partial charge on any atom is 0.316 e. The van der Waals surface area contributed by atoms with Crippen LogP contribution in [0.5, 0.6) is 0 Å². The fourth-order valence-corrected chi connectivity index (χ4v) is 2.64. The highest BCUT2D eigenvalue weighted by Gasteiger charge is 2.11. The number of nitro benzene ring substituents is 1. The number of esters is 1. The van der Waals surface area contributed by atoms with Crippen molar-refractivity contribution in [3.05, 3.63) is 64.2 Å². The Bertz CT molecular complexity index is 777. The highest BCUT2D eigenvalue weighted by atomic mass is 32.2. The van der Waals surface area contributed by atoms with E-state index in [0.29, 0.717) is 12.3 Å². The Morgan fingerprint density at radius 1 is 1.20 bits per heavy atom. The second kappa shape index (κ2) is 8.84. The van der Waals surface area contributed by atoms with E-state index in [1.165, 1.54) is 36.0 Å². The van der Waals surface area contributed by atoms with Crippen LogP contribution in [0, 0.1) is 10.1 Å². The molecular formula is C17H16N2O5S. The van der Waals surface area contributed by atoms with Crippen LogP contribution in [0.25, 0.3) is 0 Å². The Labute approximate surface area is 148 Å². The lowest BCUT2D eigenvalue weighted by Crippen LogP contribution is -2.12. The van der Waals surface area contributed by atoms with Crippen LogP contribution in [0.1, 0.15) is 17.3 Å². The molecule has 1 N–H and O–H groups in total. The second-order valence-corrected chi connectivity index (χ2v) is 5.93. The molecule has 0 saturated carbocycles. The number of hydrogen-bond donors (Lipinski definition) is 1. The van der Waals surface area contributed by atoms with Gasteiger partial charge >= 0.3 is 5.97 Å². The zero-order chi connectivity index (χ0) is 18.2. The minimum Gasteiger partial charge on any atom is -0.465 e. The molecule has 130 valence electrons. The average Bonchev–Trinajstić information content (AvgIpc) is 2.61. The second-order valence-electron chi connectivity index (χ2n) is 4.88. The topological polar surface area (TPSA) is 98.5 Å². The number of benzene rings is 2. The number of hydrogen-bond acceptors (Lipinski definition) is 6. The molecule has 0 aliphatic carbocycles. The molecule has 0 heterocycles. The van der Waals surface area contributed by atoms with Gasteiger partial charge < -0.3 is 10.1 Å². The van der Waals surface area contributed by atoms with Crippen molar-refractivity contribution in [1.29, 1.82) is 0 Å². The first kappa shape index (κ1) is 18.5. The molecule has 0 atom stereocenters. The minimum atomic E-state index is -0.549. The van der Waals surface area contributed by atoms with E-state index in [4.69, 9.17) is 4.74 Å². The first-order valence-corrected chi connectivity index (χ1v) is 8.42. The van der Waals surface area contributed by atoms with Crippen molar-refractivity contribution in [3.63, 3.8) is 0 Å². The molecule has 0 aliphatic heterocycles. The zero-order valence-electron chi connectivity index (χ0n) is 13.4. The zero-order valence-corrected chi connectivity index (χ0v) is 14.2. The standard InChI is InChI=1S/C17H16N2O5S/c1-2-24-16(20)11-25-15-8-6-13(7-9-15)18-17(21)12-4-3-5-14(10-12)19(22)23/h3-10H,2,11H2,1H3,(H,18,21). The normalized spacial score (nSPS) is 10.1. The molecule has 0 saturated heterocycles. The summed E-state index contributed by atoms with van der Waals surface area (Å²) in [6.45, 7) is 2.10. The fraction of sp³-hybridized carbons (Fsp3) is 0.176. The number of nitrogens with one attached hydrogen (secondary N) is 1. The average molecular weight is 360 g/mol. The van der Waals surface area contributed by atoms with Gasteiger partial charge in [-0.3, -0.25) is 19.7 Å². The number of non-ortho nitro benzene ring substituents is 1. The lowest BCUT2D eigenvalue weighted by molar-refractivity contribution is -0.384. The predicted molar refractivity (Wildman–Crippen MR) is 94.8 cm³/mol. The van der Waals surface area contributed by atoms with E-state index in [-0.39, 0.29) is 23.0 Å². The van der Waals surface area contributed by atoms with Gasteiger partial charge in [-0.1, -0.05) is 6.07 Å². The van der Waals surface area contributed by atoms with Crippen molar-refractivity contribution in [1.82, 2.24) is 0 Å². The monoisotopic (exact) mass is 360 g/mol. The molecule has 2 aromatic rings. The quantitative estimate of drug-likeness (QED) is 0.351. The first-order valence-electron chi connectivity index (χ1n) is 7.44. The Hall–Kier alpha value is -2.87. The minimum absolute atomic E-state index is 0.140. The number of carbonyl (C=O) groups excluding carboxylic acids is 2. The van der Waals surface area contributed by atoms with Crippen LogP contribution < -0.4 is 5.32 Å². The summed E-state index contributed by atoms with van der Waals surface area (Å²) in [6, 6.07) is 12.4. The van der Waals surface area contributed by atoms with Gasteiger partial charge in [-0.25, -0.2) is 0 Å². The predicted octanol–water partition coefficient (Wildman–Crippen LogP) is 3.50. The summed E-state index contributed by atoms with van der Waals surface area (Å²) in [6.07, 6.45) is 0.